The Morgan fingerprint density at radius 1 is 1.50 bits per heavy atom. The smallest absolute Gasteiger partial charge is 0.127 e. The van der Waals surface area contributed by atoms with Crippen LogP contribution in [0.25, 0.3) is 0 Å². The molecule has 0 spiro atoms. The van der Waals surface area contributed by atoms with Crippen molar-refractivity contribution < 1.29 is 4.52 Å². The van der Waals surface area contributed by atoms with Crippen LogP contribution in [0, 0.1) is 0 Å². The second kappa shape index (κ2) is 3.74. The molecule has 0 N–H and O–H groups in total. The minimum atomic E-state index is 0.259. The van der Waals surface area contributed by atoms with Crippen LogP contribution in [0.2, 0.25) is 0 Å². The van der Waals surface area contributed by atoms with Crippen LogP contribution in [0.4, 0.5) is 0 Å². The van der Waals surface area contributed by atoms with Gasteiger partial charge in [-0.25, -0.2) is 0 Å². The summed E-state index contributed by atoms with van der Waals surface area (Å²) in [5, 5.41) is 3.74. The first kappa shape index (κ1) is 9.30. The van der Waals surface area contributed by atoms with E-state index < -0.39 is 0 Å². The molecular weight excluding hydrogens is 150 g/mol. The van der Waals surface area contributed by atoms with Crippen LogP contribution in [-0.4, -0.2) is 5.16 Å². The average molecular weight is 167 g/mol. The van der Waals surface area contributed by atoms with Gasteiger partial charge in [0.15, 0.2) is 0 Å². The zero-order chi connectivity index (χ0) is 9.03. The fraction of sp³-hybridized carbons (Fsp3) is 0.700. The number of hydrogen-bond donors (Lipinski definition) is 0. The Labute approximate surface area is 74.0 Å². The Hall–Kier alpha value is -0.790. The molecule has 1 heterocycles. The lowest BCUT2D eigenvalue weighted by atomic mass is 9.78. The lowest BCUT2D eigenvalue weighted by Gasteiger charge is -2.25. The first-order valence-corrected chi connectivity index (χ1v) is 4.63. The lowest BCUT2D eigenvalue weighted by Crippen LogP contribution is -2.19. The van der Waals surface area contributed by atoms with Gasteiger partial charge in [-0.1, -0.05) is 32.3 Å². The summed E-state index contributed by atoms with van der Waals surface area (Å²) in [5.74, 6) is 0. The number of nitrogens with zero attached hydrogens (tertiary/aromatic N) is 1. The Morgan fingerprint density at radius 2 is 2.25 bits per heavy atom. The van der Waals surface area contributed by atoms with Crippen LogP contribution >= 0.6 is 0 Å². The molecule has 0 aliphatic rings. The molecular formula is C10H17NO. The van der Waals surface area contributed by atoms with Gasteiger partial charge in [0.1, 0.15) is 6.26 Å². The van der Waals surface area contributed by atoms with Gasteiger partial charge < -0.3 is 4.52 Å². The van der Waals surface area contributed by atoms with E-state index in [1.807, 2.05) is 6.20 Å². The van der Waals surface area contributed by atoms with E-state index in [2.05, 4.69) is 25.9 Å². The second-order valence-corrected chi connectivity index (χ2v) is 3.58. The Bertz CT molecular complexity index is 218. The zero-order valence-corrected chi connectivity index (χ0v) is 8.13. The van der Waals surface area contributed by atoms with Crippen LogP contribution in [0.1, 0.15) is 45.6 Å². The first-order chi connectivity index (χ1) is 5.73. The van der Waals surface area contributed by atoms with Gasteiger partial charge in [0.05, 0.1) is 6.20 Å². The van der Waals surface area contributed by atoms with Crippen LogP contribution in [0.5, 0.6) is 0 Å². The highest BCUT2D eigenvalue weighted by Gasteiger charge is 2.24. The average Bonchev–Trinajstić information content (AvgIpc) is 2.57. The molecule has 1 aromatic heterocycles. The quantitative estimate of drug-likeness (QED) is 0.688. The molecule has 0 aliphatic carbocycles. The maximum absolute atomic E-state index is 4.86. The van der Waals surface area contributed by atoms with Crippen molar-refractivity contribution in [3.05, 3.63) is 18.0 Å². The third-order valence-corrected chi connectivity index (χ3v) is 2.71. The first-order valence-electron chi connectivity index (χ1n) is 4.63. The molecule has 0 saturated heterocycles. The lowest BCUT2D eigenvalue weighted by molar-refractivity contribution is 0.395. The van der Waals surface area contributed by atoms with E-state index in [9.17, 15) is 0 Å². The minimum Gasteiger partial charge on any atom is -0.364 e. The van der Waals surface area contributed by atoms with E-state index in [-0.39, 0.29) is 5.41 Å². The van der Waals surface area contributed by atoms with E-state index >= 15 is 0 Å². The summed E-state index contributed by atoms with van der Waals surface area (Å²) in [4.78, 5) is 0. The molecule has 0 amide bonds. The molecule has 68 valence electrons. The summed E-state index contributed by atoms with van der Waals surface area (Å²) in [6.45, 7) is 6.69. The largest absolute Gasteiger partial charge is 0.364 e. The summed E-state index contributed by atoms with van der Waals surface area (Å²) in [5.41, 5.74) is 1.49. The molecule has 2 nitrogen and oxygen atoms in total. The highest BCUT2D eigenvalue weighted by atomic mass is 16.5. The van der Waals surface area contributed by atoms with E-state index in [0.717, 1.165) is 6.42 Å². The van der Waals surface area contributed by atoms with Crippen molar-refractivity contribution in [2.45, 2.75) is 45.4 Å². The Morgan fingerprint density at radius 3 is 2.67 bits per heavy atom. The van der Waals surface area contributed by atoms with Gasteiger partial charge in [-0.2, -0.15) is 0 Å². The minimum absolute atomic E-state index is 0.259. The van der Waals surface area contributed by atoms with Crippen LogP contribution in [0.15, 0.2) is 17.0 Å². The summed E-state index contributed by atoms with van der Waals surface area (Å²) in [6.07, 6.45) is 7.14. The molecule has 0 fully saturated rings. The highest BCUT2D eigenvalue weighted by Crippen LogP contribution is 2.31. The predicted molar refractivity (Wildman–Crippen MR) is 49.1 cm³/mol. The normalized spacial score (nSPS) is 15.9. The van der Waals surface area contributed by atoms with Crippen molar-refractivity contribution >= 4 is 0 Å². The number of hydrogen-bond acceptors (Lipinski definition) is 2. The molecule has 2 heteroatoms. The molecule has 0 saturated carbocycles. The van der Waals surface area contributed by atoms with Crippen LogP contribution < -0.4 is 0 Å². The zero-order valence-electron chi connectivity index (χ0n) is 8.13. The summed E-state index contributed by atoms with van der Waals surface area (Å²) in [7, 11) is 0. The highest BCUT2D eigenvalue weighted by molar-refractivity contribution is 5.15. The third-order valence-electron chi connectivity index (χ3n) is 2.71. The number of aromatic nitrogens is 1. The van der Waals surface area contributed by atoms with Gasteiger partial charge in [0.2, 0.25) is 0 Å². The molecule has 0 bridgehead atoms. The second-order valence-electron chi connectivity index (χ2n) is 3.58. The van der Waals surface area contributed by atoms with Crippen molar-refractivity contribution in [3.63, 3.8) is 0 Å². The topological polar surface area (TPSA) is 26.0 Å². The van der Waals surface area contributed by atoms with Crippen molar-refractivity contribution in [1.29, 1.82) is 0 Å². The SMILES string of the molecule is CCCC(C)(CC)c1cnoc1. The molecule has 1 aromatic rings. The van der Waals surface area contributed by atoms with Crippen LogP contribution in [-0.2, 0) is 5.41 Å². The van der Waals surface area contributed by atoms with Crippen LogP contribution in [0.3, 0.4) is 0 Å². The molecule has 12 heavy (non-hydrogen) atoms. The summed E-state index contributed by atoms with van der Waals surface area (Å²) >= 11 is 0. The van der Waals surface area contributed by atoms with E-state index in [0.29, 0.717) is 0 Å². The molecule has 1 unspecified atom stereocenters. The summed E-state index contributed by atoms with van der Waals surface area (Å²) in [6, 6.07) is 0. The fourth-order valence-electron chi connectivity index (χ4n) is 1.58. The van der Waals surface area contributed by atoms with Crippen molar-refractivity contribution in [2.75, 3.05) is 0 Å². The van der Waals surface area contributed by atoms with Crippen molar-refractivity contribution in [2.24, 2.45) is 0 Å². The molecule has 0 aliphatic heterocycles. The van der Waals surface area contributed by atoms with Gasteiger partial charge in [-0.05, 0) is 18.3 Å². The molecule has 0 radical (unpaired) electrons. The van der Waals surface area contributed by atoms with Gasteiger partial charge in [0.25, 0.3) is 0 Å². The van der Waals surface area contributed by atoms with E-state index in [4.69, 9.17) is 4.52 Å². The van der Waals surface area contributed by atoms with E-state index in [1.54, 1.807) is 6.26 Å². The maximum Gasteiger partial charge on any atom is 0.127 e. The van der Waals surface area contributed by atoms with Gasteiger partial charge >= 0.3 is 0 Å². The molecule has 0 aromatic carbocycles. The fourth-order valence-corrected chi connectivity index (χ4v) is 1.58. The molecule has 1 rings (SSSR count). The van der Waals surface area contributed by atoms with Gasteiger partial charge in [0, 0.05) is 5.56 Å². The Kier molecular flexibility index (Phi) is 2.90. The van der Waals surface area contributed by atoms with Gasteiger partial charge in [-0.3, -0.25) is 0 Å². The molecule has 1 atom stereocenters. The van der Waals surface area contributed by atoms with E-state index in [1.165, 1.54) is 18.4 Å². The predicted octanol–water partition coefficient (Wildman–Crippen LogP) is 3.14. The van der Waals surface area contributed by atoms with Gasteiger partial charge in [-0.15, -0.1) is 0 Å². The Balaban J connectivity index is 2.80. The standard InChI is InChI=1S/C10H17NO/c1-4-6-10(3,5-2)9-7-11-12-8-9/h7-8H,4-6H2,1-3H3. The maximum atomic E-state index is 4.86. The third kappa shape index (κ3) is 1.68. The monoisotopic (exact) mass is 167 g/mol. The van der Waals surface area contributed by atoms with Crippen molar-refractivity contribution in [1.82, 2.24) is 5.16 Å². The summed E-state index contributed by atoms with van der Waals surface area (Å²) < 4.78 is 4.86. The van der Waals surface area contributed by atoms with Crippen molar-refractivity contribution in [3.8, 4) is 0 Å². The number of rotatable bonds is 4.